The van der Waals surface area contributed by atoms with Crippen LogP contribution in [0.1, 0.15) is 39.4 Å². The number of carbonyl (C=O) groups is 1. The Bertz CT molecular complexity index is 919. The molecule has 1 aliphatic heterocycles. The first-order valence-corrected chi connectivity index (χ1v) is 10.2. The summed E-state index contributed by atoms with van der Waals surface area (Å²) >= 11 is 5.90. The fraction of sp³-hybridized carbons (Fsp3) is 0.240. The molecule has 0 aliphatic carbocycles. The highest BCUT2D eigenvalue weighted by molar-refractivity contribution is 6.30. The Morgan fingerprint density at radius 3 is 2.32 bits per heavy atom. The van der Waals surface area contributed by atoms with E-state index in [1.54, 1.807) is 24.3 Å². The van der Waals surface area contributed by atoms with Gasteiger partial charge in [-0.15, -0.1) is 0 Å². The van der Waals surface area contributed by atoms with Crippen LogP contribution in [0.4, 0.5) is 0 Å². The maximum Gasteiger partial charge on any atom is 0.167 e. The Labute approximate surface area is 171 Å². The molecule has 142 valence electrons. The highest BCUT2D eigenvalue weighted by Crippen LogP contribution is 2.28. The minimum absolute atomic E-state index is 0.124. The van der Waals surface area contributed by atoms with Crippen molar-refractivity contribution in [3.8, 4) is 0 Å². The van der Waals surface area contributed by atoms with E-state index >= 15 is 0 Å². The zero-order valence-corrected chi connectivity index (χ0v) is 16.6. The number of carbonyl (C=O) groups excluding carboxylic acids is 1. The van der Waals surface area contributed by atoms with Gasteiger partial charge in [-0.05, 0) is 59.8 Å². The van der Waals surface area contributed by atoms with E-state index in [0.717, 1.165) is 25.2 Å². The second-order valence-corrected chi connectivity index (χ2v) is 7.99. The van der Waals surface area contributed by atoms with Crippen LogP contribution in [0.3, 0.4) is 0 Å². The molecule has 0 bridgehead atoms. The van der Waals surface area contributed by atoms with E-state index in [0.29, 0.717) is 22.9 Å². The van der Waals surface area contributed by atoms with E-state index < -0.39 is 0 Å². The van der Waals surface area contributed by atoms with Gasteiger partial charge < -0.3 is 0 Å². The Morgan fingerprint density at radius 2 is 1.61 bits per heavy atom. The third kappa shape index (κ3) is 4.70. The van der Waals surface area contributed by atoms with Gasteiger partial charge >= 0.3 is 0 Å². The third-order valence-electron chi connectivity index (χ3n) is 5.50. The van der Waals surface area contributed by atoms with Crippen molar-refractivity contribution < 1.29 is 4.79 Å². The second-order valence-electron chi connectivity index (χ2n) is 7.55. The van der Waals surface area contributed by atoms with Crippen LogP contribution in [-0.2, 0) is 13.0 Å². The van der Waals surface area contributed by atoms with Crippen LogP contribution in [0.25, 0.3) is 0 Å². The zero-order chi connectivity index (χ0) is 19.3. The fourth-order valence-electron chi connectivity index (χ4n) is 3.92. The number of ketones is 1. The second kappa shape index (κ2) is 8.72. The van der Waals surface area contributed by atoms with Crippen LogP contribution in [0.15, 0.2) is 78.9 Å². The number of hydrogen-bond donors (Lipinski definition) is 0. The molecule has 3 aromatic carbocycles. The zero-order valence-electron chi connectivity index (χ0n) is 15.9. The Kier molecular flexibility index (Phi) is 5.90. The number of hydrogen-bond acceptors (Lipinski definition) is 2. The molecule has 0 spiro atoms. The van der Waals surface area contributed by atoms with Crippen molar-refractivity contribution in [3.63, 3.8) is 0 Å². The van der Waals surface area contributed by atoms with Crippen LogP contribution in [0.5, 0.6) is 0 Å². The number of halogens is 1. The molecule has 28 heavy (non-hydrogen) atoms. The lowest BCUT2D eigenvalue weighted by atomic mass is 9.95. The SMILES string of the molecule is O=C(Cc1ccc(C2CCN(Cc3ccccc3)C2)cc1)c1ccc(Cl)cc1. The first kappa shape index (κ1) is 18.9. The lowest BCUT2D eigenvalue weighted by Crippen LogP contribution is -2.19. The molecule has 1 fully saturated rings. The molecule has 0 aromatic heterocycles. The monoisotopic (exact) mass is 389 g/mol. The summed E-state index contributed by atoms with van der Waals surface area (Å²) in [5, 5.41) is 0.652. The summed E-state index contributed by atoms with van der Waals surface area (Å²) < 4.78 is 0. The number of Topliss-reactive ketones (excluding diaryl/α,β-unsaturated/α-hetero) is 1. The minimum Gasteiger partial charge on any atom is -0.298 e. The molecule has 0 saturated carbocycles. The van der Waals surface area contributed by atoms with Crippen LogP contribution < -0.4 is 0 Å². The molecular weight excluding hydrogens is 366 g/mol. The van der Waals surface area contributed by atoms with E-state index in [9.17, 15) is 4.79 Å². The lowest BCUT2D eigenvalue weighted by Gasteiger charge is -2.16. The number of rotatable bonds is 6. The van der Waals surface area contributed by atoms with Gasteiger partial charge in [-0.1, -0.05) is 66.2 Å². The Hall–Kier alpha value is -2.42. The average molecular weight is 390 g/mol. The van der Waals surface area contributed by atoms with Gasteiger partial charge in [0.1, 0.15) is 0 Å². The quantitative estimate of drug-likeness (QED) is 0.500. The van der Waals surface area contributed by atoms with Crippen molar-refractivity contribution in [2.75, 3.05) is 13.1 Å². The van der Waals surface area contributed by atoms with Crippen molar-refractivity contribution in [1.29, 1.82) is 0 Å². The predicted octanol–water partition coefficient (Wildman–Crippen LogP) is 5.75. The Balaban J connectivity index is 1.34. The average Bonchev–Trinajstić information content (AvgIpc) is 3.18. The molecule has 0 amide bonds. The first-order valence-electron chi connectivity index (χ1n) is 9.81. The lowest BCUT2D eigenvalue weighted by molar-refractivity contribution is 0.0993. The Morgan fingerprint density at radius 1 is 0.893 bits per heavy atom. The standard InChI is InChI=1S/C25H24ClNO/c26-24-12-10-22(11-13-24)25(28)16-19-6-8-21(9-7-19)23-14-15-27(18-23)17-20-4-2-1-3-5-20/h1-13,23H,14-18H2. The molecule has 1 aliphatic rings. The van der Waals surface area contributed by atoms with E-state index in [-0.39, 0.29) is 5.78 Å². The van der Waals surface area contributed by atoms with E-state index in [4.69, 9.17) is 11.6 Å². The highest BCUT2D eigenvalue weighted by Gasteiger charge is 2.23. The van der Waals surface area contributed by atoms with Crippen molar-refractivity contribution in [2.24, 2.45) is 0 Å². The molecule has 0 radical (unpaired) electrons. The minimum atomic E-state index is 0.124. The summed E-state index contributed by atoms with van der Waals surface area (Å²) in [4.78, 5) is 15.0. The number of benzene rings is 3. The summed E-state index contributed by atoms with van der Waals surface area (Å²) in [6, 6.07) is 26.4. The number of nitrogens with zero attached hydrogens (tertiary/aromatic N) is 1. The van der Waals surface area contributed by atoms with Crippen molar-refractivity contribution in [1.82, 2.24) is 4.90 Å². The topological polar surface area (TPSA) is 20.3 Å². The fourth-order valence-corrected chi connectivity index (χ4v) is 4.05. The van der Waals surface area contributed by atoms with Gasteiger partial charge in [0.15, 0.2) is 5.78 Å². The molecule has 3 aromatic rings. The summed E-state index contributed by atoms with van der Waals surface area (Å²) in [6.45, 7) is 3.25. The molecular formula is C25H24ClNO. The van der Waals surface area contributed by atoms with Crippen LogP contribution >= 0.6 is 11.6 Å². The van der Waals surface area contributed by atoms with Crippen molar-refractivity contribution >= 4 is 17.4 Å². The maximum atomic E-state index is 12.4. The third-order valence-corrected chi connectivity index (χ3v) is 5.76. The summed E-state index contributed by atoms with van der Waals surface area (Å²) in [5.74, 6) is 0.698. The highest BCUT2D eigenvalue weighted by atomic mass is 35.5. The predicted molar refractivity (Wildman–Crippen MR) is 115 cm³/mol. The number of likely N-dealkylation sites (tertiary alicyclic amines) is 1. The smallest absolute Gasteiger partial charge is 0.167 e. The van der Waals surface area contributed by atoms with Crippen LogP contribution in [0.2, 0.25) is 5.02 Å². The summed E-state index contributed by atoms with van der Waals surface area (Å²) in [6.07, 6.45) is 1.61. The maximum absolute atomic E-state index is 12.4. The molecule has 1 atom stereocenters. The van der Waals surface area contributed by atoms with Gasteiger partial charge in [0.25, 0.3) is 0 Å². The first-order chi connectivity index (χ1) is 13.7. The summed E-state index contributed by atoms with van der Waals surface area (Å²) in [7, 11) is 0. The molecule has 1 saturated heterocycles. The van der Waals surface area contributed by atoms with Gasteiger partial charge in [0.05, 0.1) is 0 Å². The molecule has 3 heteroatoms. The molecule has 2 nitrogen and oxygen atoms in total. The molecule has 0 N–H and O–H groups in total. The summed E-state index contributed by atoms with van der Waals surface area (Å²) in [5.41, 5.74) is 4.51. The van der Waals surface area contributed by atoms with Gasteiger partial charge in [0.2, 0.25) is 0 Å². The van der Waals surface area contributed by atoms with Gasteiger partial charge in [-0.2, -0.15) is 0 Å². The van der Waals surface area contributed by atoms with Crippen molar-refractivity contribution in [2.45, 2.75) is 25.3 Å². The van der Waals surface area contributed by atoms with Gasteiger partial charge in [-0.25, -0.2) is 0 Å². The van der Waals surface area contributed by atoms with Gasteiger partial charge in [0, 0.05) is 30.1 Å². The van der Waals surface area contributed by atoms with Crippen molar-refractivity contribution in [3.05, 3.63) is 106 Å². The van der Waals surface area contributed by atoms with Crippen LogP contribution in [-0.4, -0.2) is 23.8 Å². The van der Waals surface area contributed by atoms with E-state index in [1.165, 1.54) is 17.5 Å². The van der Waals surface area contributed by atoms with Crippen LogP contribution in [0, 0.1) is 0 Å². The van der Waals surface area contributed by atoms with E-state index in [1.807, 2.05) is 0 Å². The van der Waals surface area contributed by atoms with E-state index in [2.05, 4.69) is 59.5 Å². The normalized spacial score (nSPS) is 17.0. The molecule has 1 heterocycles. The molecule has 1 unspecified atom stereocenters. The molecule has 4 rings (SSSR count). The van der Waals surface area contributed by atoms with Gasteiger partial charge in [-0.3, -0.25) is 9.69 Å². The largest absolute Gasteiger partial charge is 0.298 e.